The summed E-state index contributed by atoms with van der Waals surface area (Å²) >= 11 is 6.96. The van der Waals surface area contributed by atoms with Gasteiger partial charge in [0, 0.05) is 11.8 Å². The van der Waals surface area contributed by atoms with Gasteiger partial charge < -0.3 is 5.73 Å². The van der Waals surface area contributed by atoms with Crippen LogP contribution in [-0.2, 0) is 0 Å². The lowest BCUT2D eigenvalue weighted by molar-refractivity contribution is 0.956. The second-order valence-electron chi connectivity index (χ2n) is 1.52. The maximum atomic E-state index is 5.46. The van der Waals surface area contributed by atoms with Crippen LogP contribution in [0.3, 0.4) is 0 Å². The van der Waals surface area contributed by atoms with Crippen LogP contribution in [0.15, 0.2) is 10.9 Å². The van der Waals surface area contributed by atoms with E-state index in [1.165, 1.54) is 11.8 Å². The normalized spacial score (nSPS) is 13.4. The highest BCUT2D eigenvalue weighted by molar-refractivity contribution is 8.05. The van der Waals surface area contributed by atoms with Gasteiger partial charge in [-0.2, -0.15) is 0 Å². The van der Waals surface area contributed by atoms with Gasteiger partial charge in [-0.05, 0) is 0 Å². The Kier molecular flexibility index (Phi) is 4.42. The standard InChI is InChI=1S/C5H10ClNS/c1-4(3-7)8-5(2)6/h4H,2-3,7H2,1H3. The number of thioether (sulfide) groups is 1. The van der Waals surface area contributed by atoms with Crippen LogP contribution in [0.1, 0.15) is 6.92 Å². The lowest BCUT2D eigenvalue weighted by atomic mass is 10.5. The zero-order valence-corrected chi connectivity index (χ0v) is 6.43. The lowest BCUT2D eigenvalue weighted by Gasteiger charge is -2.03. The Labute approximate surface area is 59.3 Å². The van der Waals surface area contributed by atoms with E-state index in [1.807, 2.05) is 6.92 Å². The predicted octanol–water partition coefficient (Wildman–Crippen LogP) is 1.78. The van der Waals surface area contributed by atoms with Crippen molar-refractivity contribution in [2.24, 2.45) is 5.73 Å². The highest BCUT2D eigenvalue weighted by atomic mass is 35.5. The first-order chi connectivity index (χ1) is 3.66. The van der Waals surface area contributed by atoms with Gasteiger partial charge >= 0.3 is 0 Å². The number of hydrogen-bond donors (Lipinski definition) is 1. The minimum Gasteiger partial charge on any atom is -0.329 e. The first-order valence-corrected chi connectivity index (χ1v) is 3.63. The Bertz CT molecular complexity index is 84.5. The Hall–Kier alpha value is 0.340. The van der Waals surface area contributed by atoms with E-state index in [-0.39, 0.29) is 0 Å². The Morgan fingerprint density at radius 3 is 2.62 bits per heavy atom. The summed E-state index contributed by atoms with van der Waals surface area (Å²) in [5.41, 5.74) is 5.30. The SMILES string of the molecule is C=C(Cl)SC(C)CN. The molecular formula is C5H10ClNS. The number of halogens is 1. The van der Waals surface area contributed by atoms with Crippen molar-refractivity contribution in [3.63, 3.8) is 0 Å². The molecule has 0 aliphatic carbocycles. The van der Waals surface area contributed by atoms with Gasteiger partial charge in [0.05, 0.1) is 4.36 Å². The summed E-state index contributed by atoms with van der Waals surface area (Å²) in [6, 6.07) is 0. The quantitative estimate of drug-likeness (QED) is 0.666. The van der Waals surface area contributed by atoms with E-state index in [2.05, 4.69) is 6.58 Å². The van der Waals surface area contributed by atoms with Gasteiger partial charge in [-0.1, -0.05) is 25.1 Å². The molecule has 3 heteroatoms. The molecular weight excluding hydrogens is 142 g/mol. The van der Waals surface area contributed by atoms with Crippen molar-refractivity contribution in [3.8, 4) is 0 Å². The highest BCUT2D eigenvalue weighted by Gasteiger charge is 1.98. The van der Waals surface area contributed by atoms with E-state index in [4.69, 9.17) is 17.3 Å². The van der Waals surface area contributed by atoms with Gasteiger partial charge in [0.1, 0.15) is 0 Å². The molecule has 2 N–H and O–H groups in total. The third kappa shape index (κ3) is 4.50. The average Bonchev–Trinajstić information content (AvgIpc) is 1.65. The van der Waals surface area contributed by atoms with Gasteiger partial charge in [-0.3, -0.25) is 0 Å². The van der Waals surface area contributed by atoms with Gasteiger partial charge in [-0.15, -0.1) is 11.8 Å². The zero-order valence-electron chi connectivity index (χ0n) is 4.86. The summed E-state index contributed by atoms with van der Waals surface area (Å²) in [5, 5.41) is 0.389. The molecule has 0 heterocycles. The zero-order chi connectivity index (χ0) is 6.57. The van der Waals surface area contributed by atoms with Crippen LogP contribution in [0.4, 0.5) is 0 Å². The smallest absolute Gasteiger partial charge is 0.0665 e. The van der Waals surface area contributed by atoms with Crippen molar-refractivity contribution in [1.82, 2.24) is 0 Å². The second-order valence-corrected chi connectivity index (χ2v) is 3.73. The minimum atomic E-state index is 0.389. The van der Waals surface area contributed by atoms with Crippen molar-refractivity contribution in [2.75, 3.05) is 6.54 Å². The Balaban J connectivity index is 3.24. The van der Waals surface area contributed by atoms with Crippen LogP contribution in [-0.4, -0.2) is 11.8 Å². The number of nitrogens with two attached hydrogens (primary N) is 1. The minimum absolute atomic E-state index is 0.389. The molecule has 0 aliphatic rings. The first kappa shape index (κ1) is 8.34. The Morgan fingerprint density at radius 2 is 2.50 bits per heavy atom. The van der Waals surface area contributed by atoms with Crippen molar-refractivity contribution < 1.29 is 0 Å². The maximum Gasteiger partial charge on any atom is 0.0665 e. The molecule has 0 radical (unpaired) electrons. The molecule has 0 saturated carbocycles. The molecule has 1 nitrogen and oxygen atoms in total. The third-order valence-electron chi connectivity index (χ3n) is 0.661. The third-order valence-corrected chi connectivity index (χ3v) is 1.78. The molecule has 1 atom stereocenters. The topological polar surface area (TPSA) is 26.0 Å². The summed E-state index contributed by atoms with van der Waals surface area (Å²) in [4.78, 5) is 0. The van der Waals surface area contributed by atoms with Crippen molar-refractivity contribution >= 4 is 23.4 Å². The maximum absolute atomic E-state index is 5.46. The van der Waals surface area contributed by atoms with Crippen LogP contribution in [0.2, 0.25) is 0 Å². The lowest BCUT2D eigenvalue weighted by Crippen LogP contribution is -2.11. The summed E-state index contributed by atoms with van der Waals surface area (Å²) in [5.74, 6) is 0. The molecule has 0 bridgehead atoms. The molecule has 0 aliphatic heterocycles. The summed E-state index contributed by atoms with van der Waals surface area (Å²) in [7, 11) is 0. The second kappa shape index (κ2) is 4.24. The van der Waals surface area contributed by atoms with E-state index in [0.29, 0.717) is 16.2 Å². The molecule has 1 unspecified atom stereocenters. The molecule has 0 aromatic carbocycles. The largest absolute Gasteiger partial charge is 0.329 e. The molecule has 0 saturated heterocycles. The Morgan fingerprint density at radius 1 is 2.00 bits per heavy atom. The fraction of sp³-hybridized carbons (Fsp3) is 0.600. The number of hydrogen-bond acceptors (Lipinski definition) is 2. The molecule has 0 amide bonds. The average molecular weight is 152 g/mol. The van der Waals surface area contributed by atoms with Crippen LogP contribution in [0.5, 0.6) is 0 Å². The van der Waals surface area contributed by atoms with E-state index in [9.17, 15) is 0 Å². The van der Waals surface area contributed by atoms with E-state index in [1.54, 1.807) is 0 Å². The van der Waals surface area contributed by atoms with Crippen molar-refractivity contribution in [1.29, 1.82) is 0 Å². The fourth-order valence-electron chi connectivity index (χ4n) is 0.266. The first-order valence-electron chi connectivity index (χ1n) is 2.38. The van der Waals surface area contributed by atoms with E-state index in [0.717, 1.165) is 0 Å². The molecule has 0 aromatic heterocycles. The van der Waals surface area contributed by atoms with E-state index < -0.39 is 0 Å². The van der Waals surface area contributed by atoms with Gasteiger partial charge in [0.2, 0.25) is 0 Å². The highest BCUT2D eigenvalue weighted by Crippen LogP contribution is 2.21. The summed E-state index contributed by atoms with van der Waals surface area (Å²) < 4.78 is 0.614. The van der Waals surface area contributed by atoms with Crippen LogP contribution < -0.4 is 5.73 Å². The van der Waals surface area contributed by atoms with Crippen molar-refractivity contribution in [2.45, 2.75) is 12.2 Å². The molecule has 8 heavy (non-hydrogen) atoms. The molecule has 0 rings (SSSR count). The molecule has 0 aromatic rings. The summed E-state index contributed by atoms with van der Waals surface area (Å²) in [6.45, 7) is 6.18. The molecule has 0 spiro atoms. The monoisotopic (exact) mass is 151 g/mol. The molecule has 48 valence electrons. The van der Waals surface area contributed by atoms with Gasteiger partial charge in [0.15, 0.2) is 0 Å². The molecule has 0 fully saturated rings. The van der Waals surface area contributed by atoms with Crippen LogP contribution in [0, 0.1) is 0 Å². The fourth-order valence-corrected chi connectivity index (χ4v) is 1.26. The summed E-state index contributed by atoms with van der Waals surface area (Å²) in [6.07, 6.45) is 0. The van der Waals surface area contributed by atoms with Crippen molar-refractivity contribution in [3.05, 3.63) is 10.9 Å². The predicted molar refractivity (Wildman–Crippen MR) is 41.1 cm³/mol. The van der Waals surface area contributed by atoms with Crippen LogP contribution >= 0.6 is 23.4 Å². The van der Waals surface area contributed by atoms with E-state index >= 15 is 0 Å². The van der Waals surface area contributed by atoms with Gasteiger partial charge in [-0.25, -0.2) is 0 Å². The van der Waals surface area contributed by atoms with Crippen LogP contribution in [0.25, 0.3) is 0 Å². The number of rotatable bonds is 3. The van der Waals surface area contributed by atoms with Gasteiger partial charge in [0.25, 0.3) is 0 Å².